The van der Waals surface area contributed by atoms with Gasteiger partial charge in [0, 0.05) is 13.6 Å². The van der Waals surface area contributed by atoms with Crippen LogP contribution >= 0.6 is 0 Å². The number of hydrogen-bond donors (Lipinski definition) is 1. The molecule has 0 radical (unpaired) electrons. The van der Waals surface area contributed by atoms with E-state index in [1.165, 1.54) is 24.1 Å². The summed E-state index contributed by atoms with van der Waals surface area (Å²) in [6, 6.07) is 6.02. The van der Waals surface area contributed by atoms with Crippen LogP contribution in [0.4, 0.5) is 10.1 Å². The largest absolute Gasteiger partial charge is 0.358 e. The summed E-state index contributed by atoms with van der Waals surface area (Å²) < 4.78 is 13.6. The standard InChI is InChI=1S/C13H13FN2O2/c1-15-12(17)9-5-4-8-16(13(9)18)11-7-3-2-6-10(11)14/h2-7,9H,8H2,1H3,(H,15,17). The van der Waals surface area contributed by atoms with Crippen molar-refractivity contribution in [2.24, 2.45) is 5.92 Å². The molecule has 1 aromatic rings. The molecule has 5 heteroatoms. The van der Waals surface area contributed by atoms with Gasteiger partial charge in [0.05, 0.1) is 5.69 Å². The van der Waals surface area contributed by atoms with Crippen LogP contribution in [0.1, 0.15) is 0 Å². The first-order valence-electron chi connectivity index (χ1n) is 5.59. The molecule has 2 amide bonds. The van der Waals surface area contributed by atoms with Crippen LogP contribution in [-0.4, -0.2) is 25.4 Å². The van der Waals surface area contributed by atoms with Gasteiger partial charge in [-0.15, -0.1) is 0 Å². The van der Waals surface area contributed by atoms with E-state index in [0.29, 0.717) is 0 Å². The van der Waals surface area contributed by atoms with Crippen LogP contribution in [0.2, 0.25) is 0 Å². The molecule has 18 heavy (non-hydrogen) atoms. The Kier molecular flexibility index (Phi) is 3.41. The maximum Gasteiger partial charge on any atom is 0.243 e. The minimum absolute atomic E-state index is 0.195. The van der Waals surface area contributed by atoms with Gasteiger partial charge in [-0.25, -0.2) is 4.39 Å². The number of anilines is 1. The van der Waals surface area contributed by atoms with E-state index in [4.69, 9.17) is 0 Å². The second-order valence-corrected chi connectivity index (χ2v) is 3.92. The van der Waals surface area contributed by atoms with E-state index in [1.807, 2.05) is 0 Å². The van der Waals surface area contributed by atoms with Crippen LogP contribution < -0.4 is 10.2 Å². The molecule has 0 saturated carbocycles. The molecule has 1 unspecified atom stereocenters. The molecule has 0 saturated heterocycles. The van der Waals surface area contributed by atoms with Gasteiger partial charge in [0.15, 0.2) is 0 Å². The van der Waals surface area contributed by atoms with Crippen molar-refractivity contribution in [1.82, 2.24) is 5.32 Å². The first-order chi connectivity index (χ1) is 8.65. The summed E-state index contributed by atoms with van der Waals surface area (Å²) in [5, 5.41) is 2.42. The van der Waals surface area contributed by atoms with Gasteiger partial charge in [-0.1, -0.05) is 24.3 Å². The van der Waals surface area contributed by atoms with Crippen molar-refractivity contribution in [3.05, 3.63) is 42.2 Å². The summed E-state index contributed by atoms with van der Waals surface area (Å²) in [4.78, 5) is 24.9. The predicted molar refractivity (Wildman–Crippen MR) is 65.4 cm³/mol. The molecular formula is C13H13FN2O2. The van der Waals surface area contributed by atoms with Gasteiger partial charge >= 0.3 is 0 Å². The molecule has 1 heterocycles. The molecule has 4 nitrogen and oxygen atoms in total. The minimum Gasteiger partial charge on any atom is -0.358 e. The number of para-hydroxylation sites is 1. The van der Waals surface area contributed by atoms with E-state index >= 15 is 0 Å². The number of carbonyl (C=O) groups excluding carboxylic acids is 2. The van der Waals surface area contributed by atoms with Crippen molar-refractivity contribution in [3.8, 4) is 0 Å². The molecular weight excluding hydrogens is 235 g/mol. The van der Waals surface area contributed by atoms with E-state index < -0.39 is 23.5 Å². The summed E-state index contributed by atoms with van der Waals surface area (Å²) >= 11 is 0. The highest BCUT2D eigenvalue weighted by molar-refractivity contribution is 6.10. The number of benzene rings is 1. The molecule has 0 fully saturated rings. The van der Waals surface area contributed by atoms with Crippen LogP contribution in [0.5, 0.6) is 0 Å². The summed E-state index contributed by atoms with van der Waals surface area (Å²) in [6.07, 6.45) is 3.23. The maximum atomic E-state index is 13.6. The number of halogens is 1. The van der Waals surface area contributed by atoms with Crippen LogP contribution in [-0.2, 0) is 9.59 Å². The lowest BCUT2D eigenvalue weighted by molar-refractivity contribution is -0.131. The number of hydrogen-bond acceptors (Lipinski definition) is 2. The van der Waals surface area contributed by atoms with Crippen LogP contribution in [0.15, 0.2) is 36.4 Å². The van der Waals surface area contributed by atoms with Gasteiger partial charge in [-0.05, 0) is 12.1 Å². The third-order valence-electron chi connectivity index (χ3n) is 2.82. The van der Waals surface area contributed by atoms with E-state index in [9.17, 15) is 14.0 Å². The Balaban J connectivity index is 2.32. The van der Waals surface area contributed by atoms with Crippen LogP contribution in [0.25, 0.3) is 0 Å². The zero-order chi connectivity index (χ0) is 13.1. The summed E-state index contributed by atoms with van der Waals surface area (Å²) in [6.45, 7) is 0.271. The molecule has 1 aromatic carbocycles. The highest BCUT2D eigenvalue weighted by Crippen LogP contribution is 2.23. The fourth-order valence-electron chi connectivity index (χ4n) is 1.89. The van der Waals surface area contributed by atoms with Crippen molar-refractivity contribution in [2.45, 2.75) is 0 Å². The number of carbonyl (C=O) groups is 2. The molecule has 0 aromatic heterocycles. The molecule has 1 aliphatic heterocycles. The zero-order valence-corrected chi connectivity index (χ0v) is 9.89. The van der Waals surface area contributed by atoms with Crippen molar-refractivity contribution < 1.29 is 14.0 Å². The molecule has 0 bridgehead atoms. The number of rotatable bonds is 2. The lowest BCUT2D eigenvalue weighted by atomic mass is 10.0. The second kappa shape index (κ2) is 5.00. The molecule has 1 aliphatic rings. The van der Waals surface area contributed by atoms with Crippen molar-refractivity contribution >= 4 is 17.5 Å². The summed E-state index contributed by atoms with van der Waals surface area (Å²) in [5.41, 5.74) is 0.195. The second-order valence-electron chi connectivity index (χ2n) is 3.92. The Bertz CT molecular complexity index is 513. The van der Waals surface area contributed by atoms with Gasteiger partial charge in [0.1, 0.15) is 11.7 Å². The molecule has 0 spiro atoms. The average Bonchev–Trinajstić information content (AvgIpc) is 2.39. The smallest absolute Gasteiger partial charge is 0.243 e. The highest BCUT2D eigenvalue weighted by atomic mass is 19.1. The lowest BCUT2D eigenvalue weighted by Crippen LogP contribution is -2.45. The van der Waals surface area contributed by atoms with Crippen molar-refractivity contribution in [2.75, 3.05) is 18.5 Å². The Morgan fingerprint density at radius 3 is 2.83 bits per heavy atom. The number of amides is 2. The Morgan fingerprint density at radius 2 is 2.17 bits per heavy atom. The fraction of sp³-hybridized carbons (Fsp3) is 0.231. The molecule has 0 aliphatic carbocycles. The first kappa shape index (κ1) is 12.3. The Morgan fingerprint density at radius 1 is 1.44 bits per heavy atom. The van der Waals surface area contributed by atoms with Gasteiger partial charge in [-0.2, -0.15) is 0 Å². The molecule has 1 atom stereocenters. The van der Waals surface area contributed by atoms with Gasteiger partial charge in [0.2, 0.25) is 11.8 Å². The highest BCUT2D eigenvalue weighted by Gasteiger charge is 2.31. The minimum atomic E-state index is -0.886. The normalized spacial score (nSPS) is 18.9. The molecule has 1 N–H and O–H groups in total. The Labute approximate surface area is 104 Å². The fourth-order valence-corrected chi connectivity index (χ4v) is 1.89. The Hall–Kier alpha value is -2.17. The van der Waals surface area contributed by atoms with E-state index in [-0.39, 0.29) is 12.2 Å². The monoisotopic (exact) mass is 248 g/mol. The lowest BCUT2D eigenvalue weighted by Gasteiger charge is -2.28. The zero-order valence-electron chi connectivity index (χ0n) is 9.89. The third-order valence-corrected chi connectivity index (χ3v) is 2.82. The SMILES string of the molecule is CNC(=O)C1C=CCN(c2ccccc2F)C1=O. The van der Waals surface area contributed by atoms with Crippen LogP contribution in [0, 0.1) is 11.7 Å². The average molecular weight is 248 g/mol. The van der Waals surface area contributed by atoms with Crippen molar-refractivity contribution in [1.29, 1.82) is 0 Å². The first-order valence-corrected chi connectivity index (χ1v) is 5.59. The van der Waals surface area contributed by atoms with Crippen LogP contribution in [0.3, 0.4) is 0 Å². The number of nitrogens with zero attached hydrogens (tertiary/aromatic N) is 1. The third kappa shape index (κ3) is 2.11. The predicted octanol–water partition coefficient (Wildman–Crippen LogP) is 1.09. The maximum absolute atomic E-state index is 13.6. The molecule has 2 rings (SSSR count). The van der Waals surface area contributed by atoms with E-state index in [1.54, 1.807) is 24.3 Å². The van der Waals surface area contributed by atoms with Gasteiger partial charge in [-0.3, -0.25) is 9.59 Å². The van der Waals surface area contributed by atoms with Gasteiger partial charge < -0.3 is 10.2 Å². The topological polar surface area (TPSA) is 49.4 Å². The summed E-state index contributed by atoms with van der Waals surface area (Å²) in [5.74, 6) is -2.17. The number of nitrogens with one attached hydrogen (secondary N) is 1. The summed E-state index contributed by atoms with van der Waals surface area (Å²) in [7, 11) is 1.46. The molecule has 94 valence electrons. The van der Waals surface area contributed by atoms with E-state index in [2.05, 4.69) is 5.32 Å². The van der Waals surface area contributed by atoms with E-state index in [0.717, 1.165) is 0 Å². The van der Waals surface area contributed by atoms with Crippen molar-refractivity contribution in [3.63, 3.8) is 0 Å². The van der Waals surface area contributed by atoms with Gasteiger partial charge in [0.25, 0.3) is 0 Å². The quantitative estimate of drug-likeness (QED) is 0.629.